The van der Waals surface area contributed by atoms with Gasteiger partial charge >= 0.3 is 0 Å². The Balaban J connectivity index is 1.75. The van der Waals surface area contributed by atoms with Crippen LogP contribution in [0.4, 0.5) is 5.69 Å². The Morgan fingerprint density at radius 3 is 2.62 bits per heavy atom. The molecule has 0 aliphatic rings. The van der Waals surface area contributed by atoms with Crippen molar-refractivity contribution in [1.82, 2.24) is 14.8 Å². The third-order valence-corrected chi connectivity index (χ3v) is 3.29. The first-order valence-electron chi connectivity index (χ1n) is 6.25. The number of benzene rings is 1. The summed E-state index contributed by atoms with van der Waals surface area (Å²) in [5.74, 6) is -0.268. The molecule has 1 amide bonds. The van der Waals surface area contributed by atoms with Gasteiger partial charge in [0.15, 0.2) is 0 Å². The summed E-state index contributed by atoms with van der Waals surface area (Å²) in [6.07, 6.45) is 4.94. The highest BCUT2D eigenvalue weighted by Crippen LogP contribution is 2.13. The largest absolute Gasteiger partial charge is 0.318 e. The van der Waals surface area contributed by atoms with Crippen LogP contribution in [0.1, 0.15) is 10.5 Å². The molecule has 0 atom stereocenters. The Hall–Kier alpha value is -2.47. The minimum atomic E-state index is -0.268. The van der Waals surface area contributed by atoms with E-state index < -0.39 is 0 Å². The lowest BCUT2D eigenvalue weighted by Gasteiger charge is -2.02. The fraction of sp³-hybridized carbons (Fsp3) is 0. The average molecular weight is 343 g/mol. The Labute approximate surface area is 129 Å². The van der Waals surface area contributed by atoms with Gasteiger partial charge in [-0.25, -0.2) is 9.67 Å². The highest BCUT2D eigenvalue weighted by molar-refractivity contribution is 9.10. The van der Waals surface area contributed by atoms with Gasteiger partial charge in [-0.3, -0.25) is 4.79 Å². The summed E-state index contributed by atoms with van der Waals surface area (Å²) in [6.45, 7) is 0. The van der Waals surface area contributed by atoms with Crippen LogP contribution in [0.2, 0.25) is 0 Å². The number of anilines is 1. The molecule has 0 bridgehead atoms. The Morgan fingerprint density at radius 2 is 1.90 bits per heavy atom. The monoisotopic (exact) mass is 342 g/mol. The molecule has 0 aliphatic heterocycles. The van der Waals surface area contributed by atoms with Crippen LogP contribution in [-0.4, -0.2) is 20.7 Å². The highest BCUT2D eigenvalue weighted by atomic mass is 79.9. The van der Waals surface area contributed by atoms with Crippen LogP contribution in [0.3, 0.4) is 0 Å². The zero-order chi connectivity index (χ0) is 14.7. The van der Waals surface area contributed by atoms with Crippen molar-refractivity contribution in [2.75, 3.05) is 5.32 Å². The molecule has 0 radical (unpaired) electrons. The number of nitrogens with zero attached hydrogens (tertiary/aromatic N) is 3. The number of nitrogens with one attached hydrogen (secondary N) is 1. The van der Waals surface area contributed by atoms with Crippen molar-refractivity contribution >= 4 is 27.5 Å². The van der Waals surface area contributed by atoms with Gasteiger partial charge in [0.05, 0.1) is 23.8 Å². The third-order valence-electron chi connectivity index (χ3n) is 2.82. The van der Waals surface area contributed by atoms with Crippen molar-refractivity contribution in [2.45, 2.75) is 0 Å². The molecule has 0 spiro atoms. The number of pyridine rings is 1. The maximum atomic E-state index is 12.0. The van der Waals surface area contributed by atoms with E-state index in [0.29, 0.717) is 11.4 Å². The van der Waals surface area contributed by atoms with Gasteiger partial charge in [0.1, 0.15) is 5.69 Å². The van der Waals surface area contributed by atoms with Crippen molar-refractivity contribution < 1.29 is 4.79 Å². The van der Waals surface area contributed by atoms with Gasteiger partial charge in [-0.15, -0.1) is 0 Å². The van der Waals surface area contributed by atoms with E-state index in [4.69, 9.17) is 0 Å². The fourth-order valence-corrected chi connectivity index (χ4v) is 2.05. The second-order valence-electron chi connectivity index (χ2n) is 4.32. The number of hydrogen-bond donors (Lipinski definition) is 1. The summed E-state index contributed by atoms with van der Waals surface area (Å²) in [5, 5.41) is 6.99. The number of amides is 1. The van der Waals surface area contributed by atoms with Crippen LogP contribution >= 0.6 is 15.9 Å². The number of carbonyl (C=O) groups is 1. The molecule has 6 heteroatoms. The summed E-state index contributed by atoms with van der Waals surface area (Å²) in [5.41, 5.74) is 1.90. The quantitative estimate of drug-likeness (QED) is 0.794. The summed E-state index contributed by atoms with van der Waals surface area (Å²) in [7, 11) is 0. The second kappa shape index (κ2) is 5.88. The number of rotatable bonds is 3. The Bertz CT molecular complexity index is 753. The average Bonchev–Trinajstić information content (AvgIpc) is 2.97. The Morgan fingerprint density at radius 1 is 1.10 bits per heavy atom. The molecular weight excluding hydrogens is 332 g/mol. The summed E-state index contributed by atoms with van der Waals surface area (Å²) < 4.78 is 2.53. The standard InChI is InChI=1S/C15H11BrN4O/c16-11-6-7-14(17-8-11)15(21)19-12-9-18-20(10-12)13-4-2-1-3-5-13/h1-10H,(H,19,21). The van der Waals surface area contributed by atoms with E-state index in [9.17, 15) is 4.79 Å². The van der Waals surface area contributed by atoms with E-state index in [1.807, 2.05) is 30.3 Å². The van der Waals surface area contributed by atoms with Crippen molar-refractivity contribution in [2.24, 2.45) is 0 Å². The molecule has 3 rings (SSSR count). The maximum absolute atomic E-state index is 12.0. The molecule has 2 heterocycles. The lowest BCUT2D eigenvalue weighted by molar-refractivity contribution is 0.102. The van der Waals surface area contributed by atoms with E-state index in [0.717, 1.165) is 10.2 Å². The summed E-state index contributed by atoms with van der Waals surface area (Å²) >= 11 is 3.28. The lowest BCUT2D eigenvalue weighted by atomic mass is 10.3. The molecule has 2 aromatic heterocycles. The number of hydrogen-bond acceptors (Lipinski definition) is 3. The zero-order valence-electron chi connectivity index (χ0n) is 10.9. The van der Waals surface area contributed by atoms with Gasteiger partial charge in [-0.2, -0.15) is 5.10 Å². The van der Waals surface area contributed by atoms with Crippen LogP contribution < -0.4 is 5.32 Å². The van der Waals surface area contributed by atoms with Gasteiger partial charge in [-0.05, 0) is 40.2 Å². The molecule has 1 aromatic carbocycles. The topological polar surface area (TPSA) is 59.8 Å². The zero-order valence-corrected chi connectivity index (χ0v) is 12.5. The fourth-order valence-electron chi connectivity index (χ4n) is 1.81. The van der Waals surface area contributed by atoms with Gasteiger partial charge in [-0.1, -0.05) is 18.2 Å². The van der Waals surface area contributed by atoms with Crippen LogP contribution in [0, 0.1) is 0 Å². The number of para-hydroxylation sites is 1. The lowest BCUT2D eigenvalue weighted by Crippen LogP contribution is -2.12. The number of aromatic nitrogens is 3. The molecule has 0 fully saturated rings. The van der Waals surface area contributed by atoms with E-state index in [-0.39, 0.29) is 5.91 Å². The maximum Gasteiger partial charge on any atom is 0.274 e. The molecule has 21 heavy (non-hydrogen) atoms. The van der Waals surface area contributed by atoms with Crippen LogP contribution in [0.5, 0.6) is 0 Å². The molecular formula is C15H11BrN4O. The molecule has 0 saturated carbocycles. The SMILES string of the molecule is O=C(Nc1cnn(-c2ccccc2)c1)c1ccc(Br)cn1. The van der Waals surface area contributed by atoms with Crippen LogP contribution in [0.15, 0.2) is 65.5 Å². The van der Waals surface area contributed by atoms with E-state index >= 15 is 0 Å². The summed E-state index contributed by atoms with van der Waals surface area (Å²) in [6, 6.07) is 13.1. The normalized spacial score (nSPS) is 10.3. The highest BCUT2D eigenvalue weighted by Gasteiger charge is 2.09. The smallest absolute Gasteiger partial charge is 0.274 e. The number of carbonyl (C=O) groups excluding carboxylic acids is 1. The molecule has 5 nitrogen and oxygen atoms in total. The predicted octanol–water partition coefficient (Wildman–Crippen LogP) is 3.28. The van der Waals surface area contributed by atoms with E-state index in [2.05, 4.69) is 31.3 Å². The van der Waals surface area contributed by atoms with Crippen LogP contribution in [-0.2, 0) is 0 Å². The molecule has 0 saturated heterocycles. The molecule has 3 aromatic rings. The van der Waals surface area contributed by atoms with Crippen molar-refractivity contribution in [1.29, 1.82) is 0 Å². The van der Waals surface area contributed by atoms with Crippen molar-refractivity contribution in [3.05, 3.63) is 71.2 Å². The van der Waals surface area contributed by atoms with Gasteiger partial charge in [0, 0.05) is 10.7 Å². The van der Waals surface area contributed by atoms with E-state index in [1.54, 1.807) is 35.4 Å². The first-order chi connectivity index (χ1) is 10.2. The van der Waals surface area contributed by atoms with Crippen molar-refractivity contribution in [3.63, 3.8) is 0 Å². The summed E-state index contributed by atoms with van der Waals surface area (Å²) in [4.78, 5) is 16.1. The third kappa shape index (κ3) is 3.17. The van der Waals surface area contributed by atoms with Crippen molar-refractivity contribution in [3.8, 4) is 5.69 Å². The van der Waals surface area contributed by atoms with Gasteiger partial charge in [0.25, 0.3) is 5.91 Å². The van der Waals surface area contributed by atoms with Gasteiger partial charge in [0.2, 0.25) is 0 Å². The van der Waals surface area contributed by atoms with Gasteiger partial charge < -0.3 is 5.32 Å². The molecule has 1 N–H and O–H groups in total. The number of halogens is 1. The predicted molar refractivity (Wildman–Crippen MR) is 83.5 cm³/mol. The first-order valence-corrected chi connectivity index (χ1v) is 7.05. The molecule has 0 unspecified atom stereocenters. The van der Waals surface area contributed by atoms with Crippen LogP contribution in [0.25, 0.3) is 5.69 Å². The molecule has 0 aliphatic carbocycles. The minimum Gasteiger partial charge on any atom is -0.318 e. The van der Waals surface area contributed by atoms with E-state index in [1.165, 1.54) is 0 Å². The molecule has 104 valence electrons. The minimum absolute atomic E-state index is 0.268. The Kier molecular flexibility index (Phi) is 3.79. The first kappa shape index (κ1) is 13.5. The second-order valence-corrected chi connectivity index (χ2v) is 5.24.